The van der Waals surface area contributed by atoms with Gasteiger partial charge in [0.1, 0.15) is 6.07 Å². The van der Waals surface area contributed by atoms with E-state index in [2.05, 4.69) is 15.3 Å². The number of hydrogen-bond donors (Lipinski definition) is 2. The predicted octanol–water partition coefficient (Wildman–Crippen LogP) is 5.48. The molecule has 2 aromatic carbocycles. The second kappa shape index (κ2) is 13.1. The highest BCUT2D eigenvalue weighted by Gasteiger charge is 2.23. The van der Waals surface area contributed by atoms with E-state index in [0.717, 1.165) is 33.5 Å². The van der Waals surface area contributed by atoms with Gasteiger partial charge in [-0.05, 0) is 92.3 Å². The number of nitriles is 1. The van der Waals surface area contributed by atoms with Gasteiger partial charge in [-0.15, -0.1) is 0 Å². The Hall–Kier alpha value is -5.02. The third-order valence-electron chi connectivity index (χ3n) is 7.06. The molecule has 0 spiro atoms. The lowest BCUT2D eigenvalue weighted by Crippen LogP contribution is -2.36. The topological polar surface area (TPSA) is 156 Å². The lowest BCUT2D eigenvalue weighted by Gasteiger charge is -2.13. The number of nitrogens with one attached hydrogen (secondary N) is 2. The number of hydrogen-bond acceptors (Lipinski definition) is 9. The number of aromatic nitrogens is 2. The summed E-state index contributed by atoms with van der Waals surface area (Å²) in [6.07, 6.45) is 1.20. The van der Waals surface area contributed by atoms with Crippen molar-refractivity contribution >= 4 is 44.5 Å². The highest BCUT2D eigenvalue weighted by molar-refractivity contribution is 7.90. The zero-order valence-corrected chi connectivity index (χ0v) is 26.2. The number of amides is 2. The van der Waals surface area contributed by atoms with Gasteiger partial charge in [0.15, 0.2) is 0 Å². The van der Waals surface area contributed by atoms with E-state index < -0.39 is 27.7 Å². The number of fused-ring (bicyclic) bond motifs is 1. The van der Waals surface area contributed by atoms with Gasteiger partial charge < -0.3 is 4.74 Å². The first-order valence-electron chi connectivity index (χ1n) is 14.0. The molecule has 44 heavy (non-hydrogen) atoms. The number of benzene rings is 2. The highest BCUT2D eigenvalue weighted by Crippen LogP contribution is 2.31. The molecule has 2 amide bonds. The average molecular weight is 615 g/mol. The van der Waals surface area contributed by atoms with Crippen LogP contribution >= 0.6 is 0 Å². The molecule has 0 saturated carbocycles. The minimum absolute atomic E-state index is 0.0433. The van der Waals surface area contributed by atoms with E-state index in [1.165, 1.54) is 3.97 Å². The lowest BCUT2D eigenvalue weighted by molar-refractivity contribution is -0.114. The number of alkyl carbamates (subject to hydrolysis) is 1. The van der Waals surface area contributed by atoms with Crippen LogP contribution in [-0.4, -0.2) is 41.7 Å². The fraction of sp³-hybridized carbons (Fsp3) is 0.281. The van der Waals surface area contributed by atoms with E-state index in [1.54, 1.807) is 49.5 Å². The van der Waals surface area contributed by atoms with Gasteiger partial charge in [0.25, 0.3) is 15.9 Å². The molecule has 0 saturated heterocycles. The van der Waals surface area contributed by atoms with Gasteiger partial charge in [-0.1, -0.05) is 31.5 Å². The molecule has 12 heteroatoms. The number of anilines is 1. The predicted molar refractivity (Wildman–Crippen MR) is 168 cm³/mol. The first kappa shape index (κ1) is 31.9. The molecular formula is C32H34N6O5S. The number of ether oxygens (including phenoxy) is 1. The summed E-state index contributed by atoms with van der Waals surface area (Å²) in [5, 5.41) is 15.1. The summed E-state index contributed by atoms with van der Waals surface area (Å²) in [6.45, 7) is 11.4. The highest BCUT2D eigenvalue weighted by atomic mass is 32.2. The van der Waals surface area contributed by atoms with Crippen LogP contribution in [-0.2, 0) is 26.0 Å². The third kappa shape index (κ3) is 6.79. The van der Waals surface area contributed by atoms with Gasteiger partial charge in [-0.25, -0.2) is 17.2 Å². The molecule has 0 aliphatic carbocycles. The molecule has 4 rings (SSSR count). The summed E-state index contributed by atoms with van der Waals surface area (Å²) in [7, 11) is -3.82. The van der Waals surface area contributed by atoms with Crippen molar-refractivity contribution in [2.75, 3.05) is 12.0 Å². The summed E-state index contributed by atoms with van der Waals surface area (Å²) >= 11 is 0. The van der Waals surface area contributed by atoms with Crippen molar-refractivity contribution in [2.24, 2.45) is 5.10 Å². The SMILES string of the molecule is CCOC(=O)NC(=O)/C(C#N)=N/Nc1cc(C)c(Cc2ccc3c(n2)c(C(C)C)cn3S(=O)(=O)c2ccc(C)cc2)c(C)c1. The van der Waals surface area contributed by atoms with Crippen LogP contribution in [0.1, 0.15) is 60.2 Å². The summed E-state index contributed by atoms with van der Waals surface area (Å²) in [5.41, 5.74) is 9.32. The minimum atomic E-state index is -3.82. The molecule has 0 atom stereocenters. The van der Waals surface area contributed by atoms with Crippen molar-refractivity contribution in [3.8, 4) is 6.07 Å². The van der Waals surface area contributed by atoms with E-state index >= 15 is 0 Å². The number of aryl methyl sites for hydroxylation is 3. The number of nitrogens with zero attached hydrogens (tertiary/aromatic N) is 4. The molecule has 2 N–H and O–H groups in total. The van der Waals surface area contributed by atoms with Crippen molar-refractivity contribution in [1.82, 2.24) is 14.3 Å². The largest absolute Gasteiger partial charge is 0.450 e. The number of imide groups is 1. The average Bonchev–Trinajstić information content (AvgIpc) is 3.36. The van der Waals surface area contributed by atoms with Gasteiger partial charge in [-0.3, -0.25) is 20.5 Å². The van der Waals surface area contributed by atoms with Crippen LogP contribution in [0.2, 0.25) is 0 Å². The quantitative estimate of drug-likeness (QED) is 0.186. The van der Waals surface area contributed by atoms with Crippen LogP contribution in [0.25, 0.3) is 11.0 Å². The minimum Gasteiger partial charge on any atom is -0.450 e. The molecule has 228 valence electrons. The monoisotopic (exact) mass is 614 g/mol. The van der Waals surface area contributed by atoms with Crippen LogP contribution in [0.5, 0.6) is 0 Å². The molecule has 0 fully saturated rings. The Labute approximate surface area is 256 Å². The normalized spacial score (nSPS) is 11.8. The number of hydrazone groups is 1. The number of rotatable bonds is 9. The maximum Gasteiger partial charge on any atom is 0.414 e. The second-order valence-electron chi connectivity index (χ2n) is 10.6. The first-order valence-corrected chi connectivity index (χ1v) is 15.4. The molecule has 4 aromatic rings. The fourth-order valence-corrected chi connectivity index (χ4v) is 6.13. The van der Waals surface area contributed by atoms with Crippen molar-refractivity contribution in [3.63, 3.8) is 0 Å². The second-order valence-corrected chi connectivity index (χ2v) is 12.5. The molecule has 0 radical (unpaired) electrons. The van der Waals surface area contributed by atoms with E-state index in [-0.39, 0.29) is 17.4 Å². The van der Waals surface area contributed by atoms with Crippen LogP contribution in [0, 0.1) is 32.1 Å². The molecule has 0 aliphatic rings. The van der Waals surface area contributed by atoms with E-state index in [1.807, 2.05) is 58.1 Å². The smallest absolute Gasteiger partial charge is 0.414 e. The van der Waals surface area contributed by atoms with Gasteiger partial charge in [0.05, 0.1) is 28.2 Å². The number of carbonyl (C=O) groups excluding carboxylic acids is 2. The molecular weight excluding hydrogens is 580 g/mol. The van der Waals surface area contributed by atoms with Gasteiger partial charge in [0.2, 0.25) is 5.71 Å². The van der Waals surface area contributed by atoms with Gasteiger partial charge >= 0.3 is 6.09 Å². The summed E-state index contributed by atoms with van der Waals surface area (Å²) < 4.78 is 33.1. The van der Waals surface area contributed by atoms with Crippen molar-refractivity contribution in [3.05, 3.63) is 88.2 Å². The number of pyridine rings is 1. The molecule has 0 unspecified atom stereocenters. The molecule has 2 aromatic heterocycles. The van der Waals surface area contributed by atoms with Crippen LogP contribution < -0.4 is 10.7 Å². The Morgan fingerprint density at radius 2 is 1.73 bits per heavy atom. The molecule has 0 aliphatic heterocycles. The lowest BCUT2D eigenvalue weighted by atomic mass is 9.97. The summed E-state index contributed by atoms with van der Waals surface area (Å²) in [6, 6.07) is 15.7. The maximum atomic E-state index is 13.6. The third-order valence-corrected chi connectivity index (χ3v) is 8.75. The Balaban J connectivity index is 1.62. The Kier molecular flexibility index (Phi) is 9.50. The first-order chi connectivity index (χ1) is 20.8. The van der Waals surface area contributed by atoms with Crippen molar-refractivity contribution < 1.29 is 22.7 Å². The number of carbonyl (C=O) groups is 2. The van der Waals surface area contributed by atoms with Crippen LogP contribution in [0.3, 0.4) is 0 Å². The van der Waals surface area contributed by atoms with Gasteiger partial charge in [0, 0.05) is 18.3 Å². The van der Waals surface area contributed by atoms with Crippen LogP contribution in [0.4, 0.5) is 10.5 Å². The molecule has 2 heterocycles. The Morgan fingerprint density at radius 3 is 2.32 bits per heavy atom. The summed E-state index contributed by atoms with van der Waals surface area (Å²) in [5.74, 6) is -0.937. The van der Waals surface area contributed by atoms with Crippen LogP contribution in [0.15, 0.2) is 64.7 Å². The molecule has 0 bridgehead atoms. The van der Waals surface area contributed by atoms with Crippen molar-refractivity contribution in [2.45, 2.75) is 58.8 Å². The van der Waals surface area contributed by atoms with E-state index in [0.29, 0.717) is 23.1 Å². The maximum absolute atomic E-state index is 13.6. The zero-order valence-electron chi connectivity index (χ0n) is 25.4. The van der Waals surface area contributed by atoms with E-state index in [4.69, 9.17) is 4.98 Å². The standard InChI is InChI=1S/C32H34N6O5S/c1-7-43-32(40)35-31(39)28(17-33)37-36-24-14-21(5)26(22(6)15-24)16-23-10-13-29-30(34-23)27(19(2)3)18-38(29)44(41,42)25-11-8-20(4)9-12-25/h8-15,18-19,36H,7,16H2,1-6H3,(H,35,39,40)/b37-28+. The summed E-state index contributed by atoms with van der Waals surface area (Å²) in [4.78, 5) is 28.8. The Morgan fingerprint density at radius 1 is 1.07 bits per heavy atom. The molecule has 11 nitrogen and oxygen atoms in total. The zero-order chi connectivity index (χ0) is 32.2. The Bertz CT molecular complexity index is 1900. The fourth-order valence-electron chi connectivity index (χ4n) is 4.77. The van der Waals surface area contributed by atoms with Gasteiger partial charge in [-0.2, -0.15) is 10.4 Å². The van der Waals surface area contributed by atoms with E-state index in [9.17, 15) is 23.3 Å². The van der Waals surface area contributed by atoms with Crippen molar-refractivity contribution in [1.29, 1.82) is 5.26 Å².